The van der Waals surface area contributed by atoms with E-state index < -0.39 is 0 Å². The smallest absolute Gasteiger partial charge is 0.0690 e. The number of unbranched alkanes of at least 4 members (excludes halogenated alkanes) is 2. The molecule has 0 saturated carbocycles. The van der Waals surface area contributed by atoms with Crippen molar-refractivity contribution in [2.45, 2.75) is 78.5 Å². The number of hydrogen-bond acceptors (Lipinski definition) is 2. The molecule has 0 aliphatic carbocycles. The molecule has 0 aliphatic rings. The first kappa shape index (κ1) is 14.9. The Morgan fingerprint density at radius 1 is 1.07 bits per heavy atom. The third kappa shape index (κ3) is 5.53. The molecule has 0 amide bonds. The van der Waals surface area contributed by atoms with E-state index in [-0.39, 0.29) is 12.1 Å². The van der Waals surface area contributed by atoms with Crippen LogP contribution in [0.2, 0.25) is 0 Å². The van der Waals surface area contributed by atoms with Gasteiger partial charge >= 0.3 is 0 Å². The summed E-state index contributed by atoms with van der Waals surface area (Å²) < 4.78 is 0. The number of nitrogens with zero attached hydrogens (tertiary/aromatic N) is 1. The Kier molecular flexibility index (Phi) is 8.07. The molecule has 0 bridgehead atoms. The van der Waals surface area contributed by atoms with Gasteiger partial charge in [0.1, 0.15) is 0 Å². The van der Waals surface area contributed by atoms with E-state index in [1.165, 1.54) is 19.3 Å². The molecule has 1 N–H and O–H groups in total. The molecule has 0 saturated heterocycles. The molecule has 0 radical (unpaired) electrons. The van der Waals surface area contributed by atoms with Gasteiger partial charge in [-0.3, -0.25) is 4.90 Å². The minimum absolute atomic E-state index is 0.186. The highest BCUT2D eigenvalue weighted by Gasteiger charge is 2.21. The van der Waals surface area contributed by atoms with Crippen molar-refractivity contribution in [1.29, 1.82) is 0 Å². The zero-order valence-electron chi connectivity index (χ0n) is 11.2. The van der Waals surface area contributed by atoms with Crippen LogP contribution in [-0.2, 0) is 0 Å². The Morgan fingerprint density at radius 2 is 1.67 bits per heavy atom. The maximum Gasteiger partial charge on any atom is 0.0690 e. The molecule has 0 heterocycles. The van der Waals surface area contributed by atoms with E-state index in [4.69, 9.17) is 0 Å². The molecule has 2 atom stereocenters. The van der Waals surface area contributed by atoms with Crippen LogP contribution in [-0.4, -0.2) is 34.7 Å². The molecular weight excluding hydrogens is 186 g/mol. The van der Waals surface area contributed by atoms with Crippen molar-refractivity contribution >= 4 is 0 Å². The van der Waals surface area contributed by atoms with Gasteiger partial charge in [0.15, 0.2) is 0 Å². The molecular formula is C13H29NO. The van der Waals surface area contributed by atoms with Crippen LogP contribution in [0.5, 0.6) is 0 Å². The molecule has 0 fully saturated rings. The van der Waals surface area contributed by atoms with Crippen molar-refractivity contribution in [2.24, 2.45) is 0 Å². The first-order chi connectivity index (χ1) is 7.04. The zero-order valence-corrected chi connectivity index (χ0v) is 11.2. The minimum Gasteiger partial charge on any atom is -0.392 e. The van der Waals surface area contributed by atoms with Gasteiger partial charge in [0.05, 0.1) is 6.10 Å². The molecule has 2 nitrogen and oxygen atoms in total. The van der Waals surface area contributed by atoms with Crippen molar-refractivity contribution in [3.8, 4) is 0 Å². The molecule has 0 aromatic heterocycles. The van der Waals surface area contributed by atoms with Crippen LogP contribution in [0, 0.1) is 0 Å². The molecule has 2 unspecified atom stereocenters. The van der Waals surface area contributed by atoms with E-state index in [1.807, 2.05) is 6.92 Å². The Bertz CT molecular complexity index is 147. The lowest BCUT2D eigenvalue weighted by atomic mass is 10.1. The monoisotopic (exact) mass is 215 g/mol. The summed E-state index contributed by atoms with van der Waals surface area (Å²) in [5, 5.41) is 9.86. The largest absolute Gasteiger partial charge is 0.392 e. The fraction of sp³-hybridized carbons (Fsp3) is 1.00. The van der Waals surface area contributed by atoms with Crippen LogP contribution in [0.4, 0.5) is 0 Å². The molecule has 2 heteroatoms. The summed E-state index contributed by atoms with van der Waals surface area (Å²) in [7, 11) is 0. The molecule has 0 spiro atoms. The number of aliphatic hydroxyl groups is 1. The van der Waals surface area contributed by atoms with Crippen molar-refractivity contribution < 1.29 is 5.11 Å². The third-order valence-electron chi connectivity index (χ3n) is 3.18. The lowest BCUT2D eigenvalue weighted by Crippen LogP contribution is -2.45. The second-order valence-corrected chi connectivity index (χ2v) is 4.75. The van der Waals surface area contributed by atoms with Crippen molar-refractivity contribution in [3.63, 3.8) is 0 Å². The molecule has 0 rings (SSSR count). The van der Waals surface area contributed by atoms with Gasteiger partial charge in [0.25, 0.3) is 0 Å². The predicted octanol–water partition coefficient (Wildman–Crippen LogP) is 3.05. The lowest BCUT2D eigenvalue weighted by molar-refractivity contribution is 0.0379. The van der Waals surface area contributed by atoms with Crippen LogP contribution < -0.4 is 0 Å². The summed E-state index contributed by atoms with van der Waals surface area (Å²) in [4.78, 5) is 2.42. The maximum atomic E-state index is 9.86. The molecule has 92 valence electrons. The summed E-state index contributed by atoms with van der Waals surface area (Å²) in [6, 6.07) is 0.810. The number of hydrogen-bond donors (Lipinski definition) is 1. The van der Waals surface area contributed by atoms with E-state index in [1.54, 1.807) is 0 Å². The Hall–Kier alpha value is -0.0800. The first-order valence-electron chi connectivity index (χ1n) is 6.48. The summed E-state index contributed by atoms with van der Waals surface area (Å²) in [6.07, 6.45) is 4.46. The van der Waals surface area contributed by atoms with Crippen molar-refractivity contribution in [2.75, 3.05) is 6.54 Å². The highest BCUT2D eigenvalue weighted by atomic mass is 16.3. The lowest BCUT2D eigenvalue weighted by Gasteiger charge is -2.35. The van der Waals surface area contributed by atoms with Crippen LogP contribution in [0.25, 0.3) is 0 Å². The third-order valence-corrected chi connectivity index (χ3v) is 3.18. The zero-order chi connectivity index (χ0) is 11.8. The van der Waals surface area contributed by atoms with Crippen molar-refractivity contribution in [3.05, 3.63) is 0 Å². The average molecular weight is 215 g/mol. The fourth-order valence-corrected chi connectivity index (χ4v) is 2.04. The van der Waals surface area contributed by atoms with Gasteiger partial charge in [0.2, 0.25) is 0 Å². The highest BCUT2D eigenvalue weighted by Crippen LogP contribution is 2.13. The molecule has 0 aliphatic heterocycles. The van der Waals surface area contributed by atoms with Gasteiger partial charge in [-0.25, -0.2) is 0 Å². The predicted molar refractivity (Wildman–Crippen MR) is 67.1 cm³/mol. The minimum atomic E-state index is -0.186. The average Bonchev–Trinajstić information content (AvgIpc) is 2.22. The molecule has 0 aromatic carbocycles. The Labute approximate surface area is 95.7 Å². The second-order valence-electron chi connectivity index (χ2n) is 4.75. The molecule has 0 aromatic rings. The molecule has 15 heavy (non-hydrogen) atoms. The van der Waals surface area contributed by atoms with E-state index in [9.17, 15) is 5.11 Å². The van der Waals surface area contributed by atoms with E-state index >= 15 is 0 Å². The van der Waals surface area contributed by atoms with Crippen LogP contribution in [0.3, 0.4) is 0 Å². The van der Waals surface area contributed by atoms with E-state index in [2.05, 4.69) is 32.6 Å². The van der Waals surface area contributed by atoms with Crippen LogP contribution in [0.1, 0.15) is 60.3 Å². The van der Waals surface area contributed by atoms with Gasteiger partial charge < -0.3 is 5.11 Å². The van der Waals surface area contributed by atoms with Gasteiger partial charge in [-0.05, 0) is 40.2 Å². The quantitative estimate of drug-likeness (QED) is 0.629. The highest BCUT2D eigenvalue weighted by molar-refractivity contribution is 4.76. The first-order valence-corrected chi connectivity index (χ1v) is 6.48. The van der Waals surface area contributed by atoms with E-state index in [0.29, 0.717) is 6.04 Å². The fourth-order valence-electron chi connectivity index (χ4n) is 2.04. The number of rotatable bonds is 8. The standard InChI is InChI=1S/C13H29NO/c1-6-8-9-10-14(11(3)4)12(5)13(15)7-2/h11-13,15H,6-10H2,1-5H3. The van der Waals surface area contributed by atoms with Gasteiger partial charge in [-0.1, -0.05) is 26.7 Å². The van der Waals surface area contributed by atoms with Crippen LogP contribution in [0.15, 0.2) is 0 Å². The van der Waals surface area contributed by atoms with E-state index in [0.717, 1.165) is 13.0 Å². The Balaban J connectivity index is 4.12. The van der Waals surface area contributed by atoms with Gasteiger partial charge in [-0.15, -0.1) is 0 Å². The maximum absolute atomic E-state index is 9.86. The number of aliphatic hydroxyl groups excluding tert-OH is 1. The topological polar surface area (TPSA) is 23.5 Å². The second kappa shape index (κ2) is 8.12. The Morgan fingerprint density at radius 3 is 2.07 bits per heavy atom. The van der Waals surface area contributed by atoms with Crippen LogP contribution >= 0.6 is 0 Å². The van der Waals surface area contributed by atoms with Gasteiger partial charge in [-0.2, -0.15) is 0 Å². The summed E-state index contributed by atoms with van der Waals surface area (Å²) in [5.41, 5.74) is 0. The summed E-state index contributed by atoms with van der Waals surface area (Å²) in [5.74, 6) is 0. The summed E-state index contributed by atoms with van der Waals surface area (Å²) in [6.45, 7) is 12.0. The summed E-state index contributed by atoms with van der Waals surface area (Å²) >= 11 is 0. The normalized spacial score (nSPS) is 16.0. The van der Waals surface area contributed by atoms with Gasteiger partial charge in [0, 0.05) is 12.1 Å². The van der Waals surface area contributed by atoms with Crippen molar-refractivity contribution in [1.82, 2.24) is 4.90 Å². The SMILES string of the molecule is CCCCCN(C(C)C)C(C)C(O)CC.